The zero-order valence-corrected chi connectivity index (χ0v) is 15.1. The first-order valence-electron chi connectivity index (χ1n) is 6.66. The summed E-state index contributed by atoms with van der Waals surface area (Å²) in [6, 6.07) is 2.29. The number of nitrogens with zero attached hydrogens (tertiary/aromatic N) is 3. The number of thioether (sulfide) groups is 1. The number of aryl methyl sites for hydroxylation is 1. The Morgan fingerprint density at radius 2 is 2.27 bits per heavy atom. The third-order valence-electron chi connectivity index (χ3n) is 3.07. The standard InChI is InChI=1S/C13H19N5OS3/c1-8-4-5-20-11(8)9(18(2)3)6-15-10(19)7-21-13-17-16-12(14)22-13/h4-5,9H,6-7H2,1-3H3,(H2,14,16)(H,15,19). The van der Waals surface area contributed by atoms with Crippen LogP contribution in [-0.2, 0) is 4.79 Å². The minimum atomic E-state index is -0.0140. The Bertz CT molecular complexity index is 625. The van der Waals surface area contributed by atoms with Crippen LogP contribution < -0.4 is 11.1 Å². The van der Waals surface area contributed by atoms with Crippen LogP contribution in [0.15, 0.2) is 15.8 Å². The number of carbonyl (C=O) groups excluding carboxylic acids is 1. The maximum absolute atomic E-state index is 12.0. The molecule has 0 aromatic carbocycles. The van der Waals surface area contributed by atoms with Gasteiger partial charge in [-0.1, -0.05) is 23.1 Å². The van der Waals surface area contributed by atoms with Gasteiger partial charge >= 0.3 is 0 Å². The van der Waals surface area contributed by atoms with Crippen molar-refractivity contribution in [3.63, 3.8) is 0 Å². The van der Waals surface area contributed by atoms with Crippen LogP contribution in [0.2, 0.25) is 0 Å². The van der Waals surface area contributed by atoms with E-state index in [4.69, 9.17) is 5.73 Å². The van der Waals surface area contributed by atoms with Gasteiger partial charge in [0.2, 0.25) is 11.0 Å². The van der Waals surface area contributed by atoms with E-state index in [0.717, 1.165) is 0 Å². The molecule has 2 heterocycles. The molecule has 3 N–H and O–H groups in total. The molecule has 1 unspecified atom stereocenters. The van der Waals surface area contributed by atoms with Gasteiger partial charge in [-0.05, 0) is 38.0 Å². The van der Waals surface area contributed by atoms with E-state index in [1.54, 1.807) is 11.3 Å². The lowest BCUT2D eigenvalue weighted by Crippen LogP contribution is -2.35. The Labute approximate surface area is 142 Å². The monoisotopic (exact) mass is 357 g/mol. The number of aromatic nitrogens is 2. The van der Waals surface area contributed by atoms with Crippen molar-refractivity contribution in [1.29, 1.82) is 0 Å². The van der Waals surface area contributed by atoms with Crippen LogP contribution in [-0.4, -0.2) is 47.4 Å². The summed E-state index contributed by atoms with van der Waals surface area (Å²) in [4.78, 5) is 15.4. The molecule has 0 spiro atoms. The Morgan fingerprint density at radius 3 is 2.82 bits per heavy atom. The fraction of sp³-hybridized carbons (Fsp3) is 0.462. The molecule has 0 radical (unpaired) electrons. The van der Waals surface area contributed by atoms with Crippen LogP contribution >= 0.6 is 34.4 Å². The van der Waals surface area contributed by atoms with Gasteiger partial charge in [0.1, 0.15) is 0 Å². The SMILES string of the molecule is Cc1ccsc1C(CNC(=O)CSc1nnc(N)s1)N(C)C. The Kier molecular flexibility index (Phi) is 6.18. The summed E-state index contributed by atoms with van der Waals surface area (Å²) in [6.45, 7) is 2.69. The molecule has 0 fully saturated rings. The maximum atomic E-state index is 12.0. The number of hydrogen-bond acceptors (Lipinski definition) is 8. The molecule has 0 saturated carbocycles. The van der Waals surface area contributed by atoms with Gasteiger partial charge in [0.15, 0.2) is 4.34 Å². The topological polar surface area (TPSA) is 84.1 Å². The smallest absolute Gasteiger partial charge is 0.230 e. The van der Waals surface area contributed by atoms with Gasteiger partial charge in [-0.25, -0.2) is 0 Å². The van der Waals surface area contributed by atoms with Gasteiger partial charge < -0.3 is 16.0 Å². The number of likely N-dealkylation sites (N-methyl/N-ethyl adjacent to an activating group) is 1. The number of nitrogens with two attached hydrogens (primary N) is 1. The van der Waals surface area contributed by atoms with Gasteiger partial charge in [0.25, 0.3) is 0 Å². The summed E-state index contributed by atoms with van der Waals surface area (Å²) in [5, 5.41) is 13.1. The molecular weight excluding hydrogens is 338 g/mol. The molecule has 1 atom stereocenters. The predicted molar refractivity (Wildman–Crippen MR) is 93.5 cm³/mol. The Balaban J connectivity index is 1.84. The lowest BCUT2D eigenvalue weighted by Gasteiger charge is -2.24. The number of rotatable bonds is 7. The molecule has 120 valence electrons. The fourth-order valence-corrected chi connectivity index (χ4v) is 4.49. The summed E-state index contributed by atoms with van der Waals surface area (Å²) in [5.74, 6) is 0.304. The quantitative estimate of drug-likeness (QED) is 0.738. The molecule has 2 aromatic rings. The third-order valence-corrected chi connectivity index (χ3v) is 6.08. The molecule has 6 nitrogen and oxygen atoms in total. The summed E-state index contributed by atoms with van der Waals surface area (Å²) >= 11 is 4.36. The van der Waals surface area contributed by atoms with E-state index < -0.39 is 0 Å². The molecule has 0 aliphatic carbocycles. The largest absolute Gasteiger partial charge is 0.374 e. The molecule has 0 aliphatic rings. The van der Waals surface area contributed by atoms with Crippen LogP contribution in [0.1, 0.15) is 16.5 Å². The lowest BCUT2D eigenvalue weighted by molar-refractivity contribution is -0.118. The van der Waals surface area contributed by atoms with E-state index in [1.807, 2.05) is 14.1 Å². The van der Waals surface area contributed by atoms with E-state index in [-0.39, 0.29) is 11.9 Å². The van der Waals surface area contributed by atoms with Crippen LogP contribution in [0.5, 0.6) is 0 Å². The first kappa shape index (κ1) is 17.2. The number of nitrogens with one attached hydrogen (secondary N) is 1. The molecule has 0 aliphatic heterocycles. The van der Waals surface area contributed by atoms with Crippen molar-refractivity contribution in [2.75, 3.05) is 32.1 Å². The second-order valence-electron chi connectivity index (χ2n) is 4.95. The van der Waals surface area contributed by atoms with Gasteiger partial charge in [-0.3, -0.25) is 4.79 Å². The van der Waals surface area contributed by atoms with E-state index in [9.17, 15) is 4.79 Å². The summed E-state index contributed by atoms with van der Waals surface area (Å²) < 4.78 is 0.714. The van der Waals surface area contributed by atoms with E-state index >= 15 is 0 Å². The third kappa shape index (κ3) is 4.67. The second-order valence-corrected chi connectivity index (χ2v) is 8.13. The van der Waals surface area contributed by atoms with Crippen molar-refractivity contribution >= 4 is 45.5 Å². The molecule has 2 rings (SSSR count). The van der Waals surface area contributed by atoms with Crippen LogP contribution in [0.4, 0.5) is 5.13 Å². The molecular formula is C13H19N5OS3. The van der Waals surface area contributed by atoms with Crippen molar-refractivity contribution in [2.24, 2.45) is 0 Å². The first-order chi connectivity index (χ1) is 10.5. The highest BCUT2D eigenvalue weighted by atomic mass is 32.2. The highest BCUT2D eigenvalue weighted by Gasteiger charge is 2.18. The van der Waals surface area contributed by atoms with Gasteiger partial charge in [-0.15, -0.1) is 21.5 Å². The fourth-order valence-electron chi connectivity index (χ4n) is 1.90. The van der Waals surface area contributed by atoms with Crippen LogP contribution in [0.3, 0.4) is 0 Å². The van der Waals surface area contributed by atoms with E-state index in [1.165, 1.54) is 33.5 Å². The molecule has 0 bridgehead atoms. The highest BCUT2D eigenvalue weighted by molar-refractivity contribution is 8.01. The Hall–Kier alpha value is -1.16. The average Bonchev–Trinajstić information content (AvgIpc) is 3.06. The summed E-state index contributed by atoms with van der Waals surface area (Å²) in [6.07, 6.45) is 0. The summed E-state index contributed by atoms with van der Waals surface area (Å²) in [5.41, 5.74) is 6.77. The molecule has 22 heavy (non-hydrogen) atoms. The minimum Gasteiger partial charge on any atom is -0.374 e. The van der Waals surface area contributed by atoms with Crippen molar-refractivity contribution in [3.05, 3.63) is 21.9 Å². The van der Waals surface area contributed by atoms with Gasteiger partial charge in [0, 0.05) is 11.4 Å². The number of nitrogen functional groups attached to an aromatic ring is 1. The predicted octanol–water partition coefficient (Wildman–Crippen LogP) is 2.00. The van der Waals surface area contributed by atoms with Crippen LogP contribution in [0.25, 0.3) is 0 Å². The number of amides is 1. The number of thiophene rings is 1. The minimum absolute atomic E-state index is 0.0140. The second kappa shape index (κ2) is 7.91. The Morgan fingerprint density at radius 1 is 1.50 bits per heavy atom. The highest BCUT2D eigenvalue weighted by Crippen LogP contribution is 2.27. The number of carbonyl (C=O) groups is 1. The normalized spacial score (nSPS) is 12.5. The van der Waals surface area contributed by atoms with Crippen molar-refractivity contribution in [1.82, 2.24) is 20.4 Å². The van der Waals surface area contributed by atoms with Crippen molar-refractivity contribution in [2.45, 2.75) is 17.3 Å². The molecule has 1 amide bonds. The number of hydrogen-bond donors (Lipinski definition) is 2. The lowest BCUT2D eigenvalue weighted by atomic mass is 10.1. The maximum Gasteiger partial charge on any atom is 0.230 e. The van der Waals surface area contributed by atoms with Gasteiger partial charge in [-0.2, -0.15) is 0 Å². The molecule has 2 aromatic heterocycles. The molecule has 0 saturated heterocycles. The summed E-state index contributed by atoms with van der Waals surface area (Å²) in [7, 11) is 4.05. The average molecular weight is 358 g/mol. The van der Waals surface area contributed by atoms with E-state index in [2.05, 4.69) is 38.8 Å². The zero-order valence-electron chi connectivity index (χ0n) is 12.7. The van der Waals surface area contributed by atoms with Crippen LogP contribution in [0, 0.1) is 6.92 Å². The zero-order chi connectivity index (χ0) is 16.1. The van der Waals surface area contributed by atoms with E-state index in [0.29, 0.717) is 21.8 Å². The van der Waals surface area contributed by atoms with Crippen molar-refractivity contribution in [3.8, 4) is 0 Å². The number of anilines is 1. The van der Waals surface area contributed by atoms with Gasteiger partial charge in [0.05, 0.1) is 11.8 Å². The molecule has 9 heteroatoms. The first-order valence-corrected chi connectivity index (χ1v) is 9.34. The van der Waals surface area contributed by atoms with Crippen molar-refractivity contribution < 1.29 is 4.79 Å².